The third-order valence-corrected chi connectivity index (χ3v) is 6.51. The van der Waals surface area contributed by atoms with Gasteiger partial charge in [0.1, 0.15) is 18.1 Å². The van der Waals surface area contributed by atoms with Gasteiger partial charge in [-0.3, -0.25) is 19.5 Å². The molecular formula is C30H18F3N3O5. The normalized spacial score (nSPS) is 12.6. The zero-order valence-corrected chi connectivity index (χ0v) is 20.9. The molecule has 1 heterocycles. The third kappa shape index (κ3) is 5.12. The number of ketones is 2. The Morgan fingerprint density at radius 1 is 0.805 bits per heavy atom. The van der Waals surface area contributed by atoms with Crippen molar-refractivity contribution in [1.82, 2.24) is 10.2 Å². The Hall–Kier alpha value is -5.45. The first-order chi connectivity index (χ1) is 19.7. The quantitative estimate of drug-likeness (QED) is 0.257. The van der Waals surface area contributed by atoms with Gasteiger partial charge in [0.25, 0.3) is 5.91 Å². The number of hydrogen-bond acceptors (Lipinski definition) is 6. The van der Waals surface area contributed by atoms with Crippen LogP contribution >= 0.6 is 0 Å². The van der Waals surface area contributed by atoms with Crippen LogP contribution in [-0.2, 0) is 6.61 Å². The summed E-state index contributed by atoms with van der Waals surface area (Å²) in [6.45, 7) is 0.105. The van der Waals surface area contributed by atoms with Gasteiger partial charge in [0.15, 0.2) is 17.4 Å². The molecule has 4 aromatic carbocycles. The molecule has 1 aliphatic carbocycles. The first kappa shape index (κ1) is 25.8. The summed E-state index contributed by atoms with van der Waals surface area (Å²) in [4.78, 5) is 38.5. The van der Waals surface area contributed by atoms with Gasteiger partial charge in [0.2, 0.25) is 0 Å². The van der Waals surface area contributed by atoms with Crippen LogP contribution in [0.2, 0.25) is 0 Å². The van der Waals surface area contributed by atoms with Crippen LogP contribution in [0.3, 0.4) is 0 Å². The number of carbonyl (C=O) groups excluding carboxylic acids is 3. The molecule has 0 unspecified atom stereocenters. The highest BCUT2D eigenvalue weighted by Gasteiger charge is 2.31. The van der Waals surface area contributed by atoms with Crippen molar-refractivity contribution in [2.24, 2.45) is 0 Å². The Morgan fingerprint density at radius 2 is 1.46 bits per heavy atom. The molecule has 0 saturated carbocycles. The molecule has 0 bridgehead atoms. The van der Waals surface area contributed by atoms with Crippen LogP contribution in [0.4, 0.5) is 19.0 Å². The Labute approximate surface area is 229 Å². The summed E-state index contributed by atoms with van der Waals surface area (Å²) >= 11 is 0. The summed E-state index contributed by atoms with van der Waals surface area (Å²) in [6.07, 6.45) is -4.83. The van der Waals surface area contributed by atoms with E-state index >= 15 is 0 Å². The average Bonchev–Trinajstić information content (AvgIpc) is 3.36. The molecule has 204 valence electrons. The van der Waals surface area contributed by atoms with Crippen LogP contribution in [0, 0.1) is 0 Å². The molecule has 0 saturated heterocycles. The van der Waals surface area contributed by atoms with E-state index in [-0.39, 0.29) is 29.6 Å². The predicted molar refractivity (Wildman–Crippen MR) is 141 cm³/mol. The summed E-state index contributed by atoms with van der Waals surface area (Å²) in [5.41, 5.74) is 2.82. The molecular weight excluding hydrogens is 539 g/mol. The Balaban J connectivity index is 1.16. The second kappa shape index (κ2) is 9.94. The van der Waals surface area contributed by atoms with Gasteiger partial charge in [-0.05, 0) is 60.2 Å². The van der Waals surface area contributed by atoms with Gasteiger partial charge in [-0.15, -0.1) is 13.2 Å². The van der Waals surface area contributed by atoms with Gasteiger partial charge in [-0.2, -0.15) is 5.10 Å². The molecule has 41 heavy (non-hydrogen) atoms. The van der Waals surface area contributed by atoms with Crippen molar-refractivity contribution in [3.8, 4) is 11.5 Å². The van der Waals surface area contributed by atoms with Gasteiger partial charge >= 0.3 is 6.36 Å². The summed E-state index contributed by atoms with van der Waals surface area (Å²) in [7, 11) is 0. The van der Waals surface area contributed by atoms with Crippen molar-refractivity contribution >= 4 is 34.2 Å². The number of amides is 1. The van der Waals surface area contributed by atoms with Crippen LogP contribution in [-0.4, -0.2) is 34.0 Å². The molecule has 0 radical (unpaired) electrons. The first-order valence-electron chi connectivity index (χ1n) is 12.3. The van der Waals surface area contributed by atoms with Gasteiger partial charge < -0.3 is 14.8 Å². The van der Waals surface area contributed by atoms with E-state index in [1.54, 1.807) is 60.7 Å². The number of ether oxygens (including phenoxy) is 2. The first-order valence-corrected chi connectivity index (χ1v) is 12.3. The van der Waals surface area contributed by atoms with E-state index in [4.69, 9.17) is 4.74 Å². The fraction of sp³-hybridized carbons (Fsp3) is 0.0667. The van der Waals surface area contributed by atoms with Crippen LogP contribution in [0.5, 0.6) is 11.5 Å². The van der Waals surface area contributed by atoms with Crippen molar-refractivity contribution in [2.75, 3.05) is 5.32 Å². The van der Waals surface area contributed by atoms with Gasteiger partial charge in [-0.1, -0.05) is 30.3 Å². The largest absolute Gasteiger partial charge is 0.573 e. The number of aromatic nitrogens is 2. The van der Waals surface area contributed by atoms with Crippen LogP contribution in [0.1, 0.15) is 47.8 Å². The number of alkyl halides is 3. The maximum Gasteiger partial charge on any atom is 0.573 e. The molecule has 0 spiro atoms. The Morgan fingerprint density at radius 3 is 2.17 bits per heavy atom. The molecule has 0 fully saturated rings. The minimum absolute atomic E-state index is 0.103. The Kier molecular flexibility index (Phi) is 6.26. The molecule has 2 N–H and O–H groups in total. The maximum absolute atomic E-state index is 13.0. The highest BCUT2D eigenvalue weighted by atomic mass is 19.4. The fourth-order valence-corrected chi connectivity index (χ4v) is 4.57. The minimum atomic E-state index is -4.83. The molecule has 1 aliphatic rings. The average molecular weight is 557 g/mol. The van der Waals surface area contributed by atoms with Crippen LogP contribution in [0.25, 0.3) is 10.9 Å². The molecule has 11 heteroatoms. The molecule has 5 aromatic rings. The van der Waals surface area contributed by atoms with Crippen molar-refractivity contribution in [3.63, 3.8) is 0 Å². The summed E-state index contributed by atoms with van der Waals surface area (Å²) < 4.78 is 46.9. The molecule has 6 rings (SSSR count). The van der Waals surface area contributed by atoms with Crippen molar-refractivity contribution < 1.29 is 37.0 Å². The summed E-state index contributed by atoms with van der Waals surface area (Å²) in [5.74, 6) is -0.803. The molecule has 1 aromatic heterocycles. The van der Waals surface area contributed by atoms with E-state index in [1.165, 1.54) is 12.1 Å². The zero-order valence-electron chi connectivity index (χ0n) is 20.9. The number of hydrogen-bond donors (Lipinski definition) is 2. The van der Waals surface area contributed by atoms with Gasteiger partial charge in [0.05, 0.1) is 5.52 Å². The van der Waals surface area contributed by atoms with Crippen LogP contribution in [0.15, 0.2) is 84.9 Å². The number of nitrogens with one attached hydrogen (secondary N) is 2. The standard InChI is InChI=1S/C30H18F3N3O5/c31-30(32,33)41-18-8-6-17(7-9-18)29(39)34-28-24-14-19(10-12-25(24)35-36-28)40-15-16-5-11-22-23(13-16)27(38)21-4-2-1-3-20(21)26(22)37/h1-14H,15H2,(H2,34,35,36,39). The number of anilines is 1. The summed E-state index contributed by atoms with van der Waals surface area (Å²) in [5, 5.41) is 10.1. The SMILES string of the molecule is O=C(Nc1n[nH]c2ccc(OCc3ccc4c(c3)C(=O)c3ccccc3C4=O)cc12)c1ccc(OC(F)(F)F)cc1. The van der Waals surface area contributed by atoms with Crippen molar-refractivity contribution in [3.05, 3.63) is 118 Å². The second-order valence-corrected chi connectivity index (χ2v) is 9.18. The number of aromatic amines is 1. The number of rotatable bonds is 6. The smallest absolute Gasteiger partial charge is 0.489 e. The number of nitrogens with zero attached hydrogens (tertiary/aromatic N) is 1. The van der Waals surface area contributed by atoms with E-state index < -0.39 is 18.0 Å². The number of fused-ring (bicyclic) bond motifs is 3. The van der Waals surface area contributed by atoms with Gasteiger partial charge in [-0.25, -0.2) is 0 Å². The lowest BCUT2D eigenvalue weighted by molar-refractivity contribution is -0.274. The maximum atomic E-state index is 13.0. The highest BCUT2D eigenvalue weighted by Crippen LogP contribution is 2.30. The Bertz CT molecular complexity index is 1850. The third-order valence-electron chi connectivity index (χ3n) is 6.51. The number of H-pyrrole nitrogens is 1. The number of halogens is 3. The zero-order chi connectivity index (χ0) is 28.7. The summed E-state index contributed by atoms with van der Waals surface area (Å²) in [6, 6.07) is 21.3. The van der Waals surface area contributed by atoms with E-state index in [0.29, 0.717) is 44.5 Å². The predicted octanol–water partition coefficient (Wildman–Crippen LogP) is 6.07. The topological polar surface area (TPSA) is 110 Å². The number of carbonyl (C=O) groups is 3. The lowest BCUT2D eigenvalue weighted by Gasteiger charge is -2.18. The van der Waals surface area contributed by atoms with E-state index in [0.717, 1.165) is 12.1 Å². The van der Waals surface area contributed by atoms with Gasteiger partial charge in [0, 0.05) is 33.2 Å². The lowest BCUT2D eigenvalue weighted by atomic mass is 9.83. The van der Waals surface area contributed by atoms with E-state index in [1.807, 2.05) is 0 Å². The van der Waals surface area contributed by atoms with E-state index in [9.17, 15) is 27.6 Å². The molecule has 0 aliphatic heterocycles. The molecule has 0 atom stereocenters. The van der Waals surface area contributed by atoms with E-state index in [2.05, 4.69) is 20.3 Å². The molecule has 1 amide bonds. The van der Waals surface area contributed by atoms with Crippen LogP contribution < -0.4 is 14.8 Å². The highest BCUT2D eigenvalue weighted by molar-refractivity contribution is 6.28. The van der Waals surface area contributed by atoms with Crippen molar-refractivity contribution in [2.45, 2.75) is 13.0 Å². The lowest BCUT2D eigenvalue weighted by Crippen LogP contribution is -2.21. The monoisotopic (exact) mass is 557 g/mol. The second-order valence-electron chi connectivity index (χ2n) is 9.18. The minimum Gasteiger partial charge on any atom is -0.489 e. The molecule has 8 nitrogen and oxygen atoms in total. The fourth-order valence-electron chi connectivity index (χ4n) is 4.57. The van der Waals surface area contributed by atoms with Crippen molar-refractivity contribution in [1.29, 1.82) is 0 Å². The number of benzene rings is 4.